The van der Waals surface area contributed by atoms with Crippen molar-refractivity contribution >= 4 is 10.0 Å². The van der Waals surface area contributed by atoms with Crippen LogP contribution in [0.2, 0.25) is 0 Å². The van der Waals surface area contributed by atoms with Crippen LogP contribution < -0.4 is 10.0 Å². The summed E-state index contributed by atoms with van der Waals surface area (Å²) in [5.74, 6) is -0.629. The molecule has 0 spiro atoms. The lowest BCUT2D eigenvalue weighted by Crippen LogP contribution is -2.51. The third-order valence-electron chi connectivity index (χ3n) is 4.26. The van der Waals surface area contributed by atoms with E-state index in [-0.39, 0.29) is 22.7 Å². The zero-order valence-corrected chi connectivity index (χ0v) is 14.5. The van der Waals surface area contributed by atoms with Gasteiger partial charge in [0, 0.05) is 18.3 Å². The van der Waals surface area contributed by atoms with Crippen LogP contribution in [0, 0.1) is 12.7 Å². The van der Waals surface area contributed by atoms with E-state index in [1.165, 1.54) is 16.8 Å². The van der Waals surface area contributed by atoms with Crippen LogP contribution >= 0.6 is 0 Å². The van der Waals surface area contributed by atoms with Crippen LogP contribution in [0.15, 0.2) is 35.5 Å². The maximum atomic E-state index is 14.4. The maximum absolute atomic E-state index is 14.4. The van der Waals surface area contributed by atoms with Gasteiger partial charge >= 0.3 is 0 Å². The van der Waals surface area contributed by atoms with E-state index in [0.717, 1.165) is 31.0 Å². The van der Waals surface area contributed by atoms with Gasteiger partial charge in [0.05, 0.1) is 11.1 Å². The molecule has 1 fully saturated rings. The van der Waals surface area contributed by atoms with Gasteiger partial charge in [0.15, 0.2) is 0 Å². The van der Waals surface area contributed by atoms with Crippen molar-refractivity contribution in [2.75, 3.05) is 6.54 Å². The lowest BCUT2D eigenvalue weighted by Gasteiger charge is -2.30. The van der Waals surface area contributed by atoms with Crippen LogP contribution in [0.1, 0.15) is 25.3 Å². The molecule has 2 N–H and O–H groups in total. The van der Waals surface area contributed by atoms with E-state index in [1.807, 2.05) is 13.8 Å². The third-order valence-corrected chi connectivity index (χ3v) is 5.74. The lowest BCUT2D eigenvalue weighted by molar-refractivity contribution is 0.348. The average molecular weight is 352 g/mol. The molecule has 1 aliphatic rings. The van der Waals surface area contributed by atoms with Crippen LogP contribution in [-0.2, 0) is 10.0 Å². The minimum Gasteiger partial charge on any atom is -0.313 e. The SMILES string of the molecule is Cc1cnn(-c2ccc(S(=O)(=O)NC3CCCNC3C)cc2F)c1. The van der Waals surface area contributed by atoms with Gasteiger partial charge in [-0.25, -0.2) is 22.2 Å². The fourth-order valence-corrected chi connectivity index (χ4v) is 4.22. The van der Waals surface area contributed by atoms with E-state index < -0.39 is 15.8 Å². The molecule has 0 aliphatic carbocycles. The zero-order chi connectivity index (χ0) is 17.3. The fraction of sp³-hybridized carbons (Fsp3) is 0.438. The molecule has 3 rings (SSSR count). The second-order valence-electron chi connectivity index (χ2n) is 6.19. The summed E-state index contributed by atoms with van der Waals surface area (Å²) in [7, 11) is -3.77. The minimum atomic E-state index is -3.77. The molecular weight excluding hydrogens is 331 g/mol. The number of rotatable bonds is 4. The summed E-state index contributed by atoms with van der Waals surface area (Å²) in [6.07, 6.45) is 4.97. The highest BCUT2D eigenvalue weighted by Gasteiger charge is 2.27. The van der Waals surface area contributed by atoms with Crippen LogP contribution in [0.5, 0.6) is 0 Å². The number of piperidine rings is 1. The van der Waals surface area contributed by atoms with Gasteiger partial charge in [0.2, 0.25) is 10.0 Å². The van der Waals surface area contributed by atoms with Crippen molar-refractivity contribution < 1.29 is 12.8 Å². The molecule has 1 aromatic heterocycles. The molecule has 0 saturated carbocycles. The standard InChI is InChI=1S/C16H21FN4O2S/c1-11-9-19-21(10-11)16-6-5-13(8-14(16)17)24(22,23)20-15-4-3-7-18-12(15)2/h5-6,8-10,12,15,18,20H,3-4,7H2,1-2H3. The molecule has 2 atom stereocenters. The first-order valence-electron chi connectivity index (χ1n) is 7.94. The van der Waals surface area contributed by atoms with Crippen molar-refractivity contribution in [1.29, 1.82) is 0 Å². The first kappa shape index (κ1) is 17.1. The molecule has 8 heteroatoms. The highest BCUT2D eigenvalue weighted by Crippen LogP contribution is 2.20. The second kappa shape index (κ2) is 6.62. The number of sulfonamides is 1. The topological polar surface area (TPSA) is 76.0 Å². The van der Waals surface area contributed by atoms with Crippen molar-refractivity contribution in [3.8, 4) is 5.69 Å². The van der Waals surface area contributed by atoms with Crippen LogP contribution in [-0.4, -0.2) is 36.8 Å². The van der Waals surface area contributed by atoms with Gasteiger partial charge in [-0.2, -0.15) is 5.10 Å². The molecule has 2 unspecified atom stereocenters. The molecule has 0 bridgehead atoms. The first-order chi connectivity index (χ1) is 11.4. The Hall–Kier alpha value is -1.77. The van der Waals surface area contributed by atoms with E-state index in [1.54, 1.807) is 12.4 Å². The summed E-state index contributed by atoms with van der Waals surface area (Å²) >= 11 is 0. The van der Waals surface area contributed by atoms with E-state index in [0.29, 0.717) is 0 Å². The molecule has 1 aromatic carbocycles. The van der Waals surface area contributed by atoms with Gasteiger partial charge in [0.1, 0.15) is 11.5 Å². The van der Waals surface area contributed by atoms with Crippen molar-refractivity contribution in [1.82, 2.24) is 19.8 Å². The Morgan fingerprint density at radius 1 is 1.42 bits per heavy atom. The summed E-state index contributed by atoms with van der Waals surface area (Å²) in [6, 6.07) is 3.72. The second-order valence-corrected chi connectivity index (χ2v) is 7.90. The smallest absolute Gasteiger partial charge is 0.240 e. The number of hydrogen-bond donors (Lipinski definition) is 2. The Bertz CT molecular complexity index is 834. The van der Waals surface area contributed by atoms with Crippen LogP contribution in [0.4, 0.5) is 4.39 Å². The summed E-state index contributed by atoms with van der Waals surface area (Å²) in [6.45, 7) is 4.67. The fourth-order valence-electron chi connectivity index (χ4n) is 2.86. The Kier molecular flexibility index (Phi) is 4.71. The summed E-state index contributed by atoms with van der Waals surface area (Å²) in [5, 5.41) is 7.28. The monoisotopic (exact) mass is 352 g/mol. The van der Waals surface area contributed by atoms with Crippen LogP contribution in [0.3, 0.4) is 0 Å². The number of aryl methyl sites for hydroxylation is 1. The largest absolute Gasteiger partial charge is 0.313 e. The molecule has 1 aliphatic heterocycles. The Balaban J connectivity index is 1.84. The molecule has 0 amide bonds. The predicted octanol–water partition coefficient (Wildman–Crippen LogP) is 1.74. The summed E-state index contributed by atoms with van der Waals surface area (Å²) in [4.78, 5) is -0.0783. The number of benzene rings is 1. The Morgan fingerprint density at radius 3 is 2.83 bits per heavy atom. The van der Waals surface area contributed by atoms with Crippen molar-refractivity contribution in [2.45, 2.75) is 43.7 Å². The maximum Gasteiger partial charge on any atom is 0.240 e. The van der Waals surface area contributed by atoms with E-state index in [2.05, 4.69) is 15.1 Å². The predicted molar refractivity (Wildman–Crippen MR) is 89.1 cm³/mol. The zero-order valence-electron chi connectivity index (χ0n) is 13.7. The number of hydrogen-bond acceptors (Lipinski definition) is 4. The first-order valence-corrected chi connectivity index (χ1v) is 9.42. The van der Waals surface area contributed by atoms with E-state index >= 15 is 0 Å². The van der Waals surface area contributed by atoms with Crippen LogP contribution in [0.25, 0.3) is 5.69 Å². The van der Waals surface area contributed by atoms with Gasteiger partial charge in [-0.05, 0) is 57.0 Å². The average Bonchev–Trinajstić information content (AvgIpc) is 2.95. The summed E-state index contributed by atoms with van der Waals surface area (Å²) < 4.78 is 43.5. The quantitative estimate of drug-likeness (QED) is 0.879. The molecule has 2 heterocycles. The molecular formula is C16H21FN4O2S. The molecule has 1 saturated heterocycles. The number of halogens is 1. The van der Waals surface area contributed by atoms with Gasteiger partial charge in [-0.3, -0.25) is 0 Å². The lowest BCUT2D eigenvalue weighted by atomic mass is 10.0. The molecule has 2 aromatic rings. The van der Waals surface area contributed by atoms with Gasteiger partial charge in [-0.1, -0.05) is 0 Å². The normalized spacial score (nSPS) is 21.8. The van der Waals surface area contributed by atoms with E-state index in [4.69, 9.17) is 0 Å². The third kappa shape index (κ3) is 3.50. The van der Waals surface area contributed by atoms with Gasteiger partial charge in [-0.15, -0.1) is 0 Å². The summed E-state index contributed by atoms with van der Waals surface area (Å²) in [5.41, 5.74) is 1.11. The Morgan fingerprint density at radius 2 is 2.21 bits per heavy atom. The minimum absolute atomic E-state index is 0.0460. The van der Waals surface area contributed by atoms with Crippen molar-refractivity contribution in [2.24, 2.45) is 0 Å². The Labute approximate surface area is 141 Å². The van der Waals surface area contributed by atoms with Gasteiger partial charge in [0.25, 0.3) is 0 Å². The highest BCUT2D eigenvalue weighted by atomic mass is 32.2. The highest BCUT2D eigenvalue weighted by molar-refractivity contribution is 7.89. The number of nitrogens with one attached hydrogen (secondary N) is 2. The molecule has 6 nitrogen and oxygen atoms in total. The van der Waals surface area contributed by atoms with Gasteiger partial charge < -0.3 is 5.32 Å². The van der Waals surface area contributed by atoms with E-state index in [9.17, 15) is 12.8 Å². The van der Waals surface area contributed by atoms with Crippen molar-refractivity contribution in [3.05, 3.63) is 42.0 Å². The number of nitrogens with zero attached hydrogens (tertiary/aromatic N) is 2. The molecule has 130 valence electrons. The molecule has 0 radical (unpaired) electrons. The number of aromatic nitrogens is 2. The molecule has 24 heavy (non-hydrogen) atoms. The van der Waals surface area contributed by atoms with Crippen molar-refractivity contribution in [3.63, 3.8) is 0 Å².